The lowest BCUT2D eigenvalue weighted by Crippen LogP contribution is -2.02. The van der Waals surface area contributed by atoms with Crippen molar-refractivity contribution in [2.75, 3.05) is 6.61 Å². The second-order valence-electron chi connectivity index (χ2n) is 3.91. The molecule has 1 aliphatic rings. The van der Waals surface area contributed by atoms with Crippen molar-refractivity contribution in [1.29, 1.82) is 0 Å². The van der Waals surface area contributed by atoms with Gasteiger partial charge in [-0.2, -0.15) is 0 Å². The van der Waals surface area contributed by atoms with Crippen LogP contribution in [0.25, 0.3) is 0 Å². The summed E-state index contributed by atoms with van der Waals surface area (Å²) in [6.07, 6.45) is 4.68. The number of Topliss-reactive ketones (excluding diaryl/α,β-unsaturated/α-hetero) is 1. The van der Waals surface area contributed by atoms with E-state index in [1.54, 1.807) is 12.3 Å². The monoisotopic (exact) mass is 205 g/mol. The minimum Gasteiger partial charge on any atom is -0.492 e. The van der Waals surface area contributed by atoms with Crippen molar-refractivity contribution in [1.82, 2.24) is 4.98 Å². The first-order valence-electron chi connectivity index (χ1n) is 5.41. The van der Waals surface area contributed by atoms with Gasteiger partial charge in [0.05, 0.1) is 12.8 Å². The van der Waals surface area contributed by atoms with E-state index in [9.17, 15) is 4.79 Å². The first kappa shape index (κ1) is 10.1. The summed E-state index contributed by atoms with van der Waals surface area (Å²) in [5.74, 6) is 1.57. The first-order valence-corrected chi connectivity index (χ1v) is 5.41. The summed E-state index contributed by atoms with van der Waals surface area (Å²) in [6.45, 7) is 2.62. The third-order valence-electron chi connectivity index (χ3n) is 2.53. The molecule has 0 amide bonds. The Kier molecular flexibility index (Phi) is 2.99. The molecule has 1 aliphatic carbocycles. The van der Waals surface area contributed by atoms with Crippen LogP contribution in [-0.4, -0.2) is 17.4 Å². The van der Waals surface area contributed by atoms with E-state index in [0.717, 1.165) is 18.3 Å². The predicted octanol–water partition coefficient (Wildman–Crippen LogP) is 2.46. The van der Waals surface area contributed by atoms with Crippen LogP contribution in [0.15, 0.2) is 18.3 Å². The van der Waals surface area contributed by atoms with E-state index < -0.39 is 0 Å². The van der Waals surface area contributed by atoms with Crippen molar-refractivity contribution >= 4 is 5.78 Å². The Bertz CT molecular complexity index is 341. The van der Waals surface area contributed by atoms with Crippen LogP contribution >= 0.6 is 0 Å². The summed E-state index contributed by atoms with van der Waals surface area (Å²) in [4.78, 5) is 15.4. The summed E-state index contributed by atoms with van der Waals surface area (Å²) in [5.41, 5.74) is 0.524. The van der Waals surface area contributed by atoms with E-state index in [4.69, 9.17) is 4.74 Å². The molecule has 0 atom stereocenters. The normalized spacial score (nSPS) is 15.0. The average molecular weight is 205 g/mol. The Hall–Kier alpha value is -1.38. The number of hydrogen-bond donors (Lipinski definition) is 0. The van der Waals surface area contributed by atoms with Crippen LogP contribution in [0, 0.1) is 5.92 Å². The lowest BCUT2D eigenvalue weighted by molar-refractivity contribution is 0.0983. The van der Waals surface area contributed by atoms with E-state index in [2.05, 4.69) is 4.98 Å². The lowest BCUT2D eigenvalue weighted by Gasteiger charge is -2.04. The maximum absolute atomic E-state index is 11.3. The summed E-state index contributed by atoms with van der Waals surface area (Å²) in [7, 11) is 0. The molecule has 0 saturated heterocycles. The van der Waals surface area contributed by atoms with Crippen LogP contribution in [0.4, 0.5) is 0 Å². The van der Waals surface area contributed by atoms with Gasteiger partial charge < -0.3 is 4.74 Å². The Morgan fingerprint density at radius 1 is 1.53 bits per heavy atom. The maximum atomic E-state index is 11.3. The fraction of sp³-hybridized carbons (Fsp3) is 0.500. The highest BCUT2D eigenvalue weighted by Crippen LogP contribution is 2.29. The van der Waals surface area contributed by atoms with E-state index >= 15 is 0 Å². The molecule has 1 fully saturated rings. The number of rotatable bonds is 5. The molecule has 1 aromatic rings. The Morgan fingerprint density at radius 2 is 2.33 bits per heavy atom. The highest BCUT2D eigenvalue weighted by atomic mass is 16.5. The van der Waals surface area contributed by atoms with E-state index in [-0.39, 0.29) is 5.78 Å². The molecule has 3 heteroatoms. The molecule has 1 aromatic heterocycles. The quantitative estimate of drug-likeness (QED) is 0.693. The maximum Gasteiger partial charge on any atom is 0.180 e. The van der Waals surface area contributed by atoms with Crippen molar-refractivity contribution in [2.24, 2.45) is 5.92 Å². The molecule has 80 valence electrons. The van der Waals surface area contributed by atoms with Crippen LogP contribution in [0.1, 0.15) is 36.7 Å². The van der Waals surface area contributed by atoms with Crippen LogP contribution < -0.4 is 4.74 Å². The highest BCUT2D eigenvalue weighted by molar-refractivity contribution is 5.93. The van der Waals surface area contributed by atoms with Crippen molar-refractivity contribution < 1.29 is 9.53 Å². The minimum absolute atomic E-state index is 0.0729. The van der Waals surface area contributed by atoms with Gasteiger partial charge in [-0.15, -0.1) is 0 Å². The Balaban J connectivity index is 1.93. The summed E-state index contributed by atoms with van der Waals surface area (Å²) < 4.78 is 5.52. The first-order chi connectivity index (χ1) is 7.29. The predicted molar refractivity (Wildman–Crippen MR) is 57.1 cm³/mol. The van der Waals surface area contributed by atoms with Crippen LogP contribution in [0.2, 0.25) is 0 Å². The number of carbonyl (C=O) groups excluding carboxylic acids is 1. The van der Waals surface area contributed by atoms with Crippen molar-refractivity contribution in [3.63, 3.8) is 0 Å². The number of ether oxygens (including phenoxy) is 1. The zero-order valence-electron chi connectivity index (χ0n) is 8.90. The van der Waals surface area contributed by atoms with Crippen molar-refractivity contribution in [2.45, 2.75) is 26.2 Å². The fourth-order valence-electron chi connectivity index (χ4n) is 1.31. The number of aromatic nitrogens is 1. The molecule has 0 radical (unpaired) electrons. The van der Waals surface area contributed by atoms with E-state index in [1.807, 2.05) is 13.0 Å². The average Bonchev–Trinajstić information content (AvgIpc) is 3.10. The lowest BCUT2D eigenvalue weighted by atomic mass is 10.2. The topological polar surface area (TPSA) is 39.2 Å². The van der Waals surface area contributed by atoms with Gasteiger partial charge in [-0.25, -0.2) is 4.98 Å². The molecule has 2 rings (SSSR count). The van der Waals surface area contributed by atoms with Gasteiger partial charge in [-0.3, -0.25) is 4.79 Å². The van der Waals surface area contributed by atoms with Crippen LogP contribution in [-0.2, 0) is 0 Å². The molecule has 0 spiro atoms. The van der Waals surface area contributed by atoms with Crippen LogP contribution in [0.3, 0.4) is 0 Å². The molecule has 0 N–H and O–H groups in total. The number of ketones is 1. The molecule has 3 nitrogen and oxygen atoms in total. The Labute approximate surface area is 89.5 Å². The van der Waals surface area contributed by atoms with E-state index in [1.165, 1.54) is 12.8 Å². The fourth-order valence-corrected chi connectivity index (χ4v) is 1.31. The van der Waals surface area contributed by atoms with Gasteiger partial charge in [0.15, 0.2) is 5.78 Å². The van der Waals surface area contributed by atoms with Gasteiger partial charge in [-0.1, -0.05) is 6.92 Å². The molecule has 1 saturated carbocycles. The molecule has 0 bridgehead atoms. The molecular formula is C12H15NO2. The minimum atomic E-state index is 0.0729. The van der Waals surface area contributed by atoms with Crippen LogP contribution in [0.5, 0.6) is 5.75 Å². The van der Waals surface area contributed by atoms with Gasteiger partial charge in [-0.05, 0) is 30.9 Å². The van der Waals surface area contributed by atoms with Gasteiger partial charge >= 0.3 is 0 Å². The van der Waals surface area contributed by atoms with E-state index in [0.29, 0.717) is 12.1 Å². The number of carbonyl (C=O) groups is 1. The smallest absolute Gasteiger partial charge is 0.180 e. The number of hydrogen-bond acceptors (Lipinski definition) is 3. The van der Waals surface area contributed by atoms with Gasteiger partial charge in [0.1, 0.15) is 11.4 Å². The summed E-state index contributed by atoms with van der Waals surface area (Å²) in [5, 5.41) is 0. The van der Waals surface area contributed by atoms with Gasteiger partial charge in [0, 0.05) is 6.42 Å². The largest absolute Gasteiger partial charge is 0.492 e. The second-order valence-corrected chi connectivity index (χ2v) is 3.91. The summed E-state index contributed by atoms with van der Waals surface area (Å²) >= 11 is 0. The number of nitrogens with zero attached hydrogens (tertiary/aromatic N) is 1. The third kappa shape index (κ3) is 2.78. The third-order valence-corrected chi connectivity index (χ3v) is 2.53. The molecule has 0 aromatic carbocycles. The molecule has 1 heterocycles. The highest BCUT2D eigenvalue weighted by Gasteiger charge is 2.21. The standard InChI is InChI=1S/C12H15NO2/c1-2-12(14)11-6-5-10(7-13-11)15-8-9-3-4-9/h5-7,9H,2-4,8H2,1H3. The summed E-state index contributed by atoms with van der Waals surface area (Å²) in [6, 6.07) is 3.55. The second kappa shape index (κ2) is 4.43. The zero-order valence-corrected chi connectivity index (χ0v) is 8.90. The number of pyridine rings is 1. The molecular weight excluding hydrogens is 190 g/mol. The molecule has 0 aliphatic heterocycles. The zero-order chi connectivity index (χ0) is 10.7. The Morgan fingerprint density at radius 3 is 2.87 bits per heavy atom. The van der Waals surface area contributed by atoms with Crippen molar-refractivity contribution in [3.05, 3.63) is 24.0 Å². The SMILES string of the molecule is CCC(=O)c1ccc(OCC2CC2)cn1. The van der Waals surface area contributed by atoms with Gasteiger partial charge in [0.2, 0.25) is 0 Å². The van der Waals surface area contributed by atoms with Gasteiger partial charge in [0.25, 0.3) is 0 Å². The van der Waals surface area contributed by atoms with Crippen molar-refractivity contribution in [3.8, 4) is 5.75 Å². The molecule has 0 unspecified atom stereocenters. The molecule has 15 heavy (non-hydrogen) atoms.